The molecule has 2 rings (SSSR count). The maximum atomic E-state index is 12.3. The fourth-order valence-electron chi connectivity index (χ4n) is 1.70. The topological polar surface area (TPSA) is 128 Å². The van der Waals surface area contributed by atoms with Crippen molar-refractivity contribution < 1.29 is 13.3 Å². The van der Waals surface area contributed by atoms with E-state index >= 15 is 0 Å². The standard InChI is InChI=1S/C11H12N4O4S2/c1-7(11-13-4-5-20-11)14-21(18,19)10-3-2-8(12)6-9(10)15(16)17/h2-7,14H,12H2,1H3. The summed E-state index contributed by atoms with van der Waals surface area (Å²) in [5.41, 5.74) is 5.02. The van der Waals surface area contributed by atoms with Crippen molar-refractivity contribution in [3.05, 3.63) is 44.9 Å². The monoisotopic (exact) mass is 328 g/mol. The number of nitrogens with zero attached hydrogens (tertiary/aromatic N) is 2. The molecule has 0 aliphatic heterocycles. The van der Waals surface area contributed by atoms with Gasteiger partial charge in [-0.3, -0.25) is 10.1 Å². The van der Waals surface area contributed by atoms with Crippen LogP contribution in [0.2, 0.25) is 0 Å². The van der Waals surface area contributed by atoms with Crippen molar-refractivity contribution in [1.82, 2.24) is 9.71 Å². The minimum Gasteiger partial charge on any atom is -0.399 e. The lowest BCUT2D eigenvalue weighted by Crippen LogP contribution is -2.27. The van der Waals surface area contributed by atoms with E-state index in [2.05, 4.69) is 9.71 Å². The summed E-state index contributed by atoms with van der Waals surface area (Å²) in [5, 5.41) is 13.3. The molecule has 0 amide bonds. The van der Waals surface area contributed by atoms with Crippen LogP contribution in [0.5, 0.6) is 0 Å². The van der Waals surface area contributed by atoms with Crippen LogP contribution < -0.4 is 10.5 Å². The van der Waals surface area contributed by atoms with Crippen molar-refractivity contribution in [2.75, 3.05) is 5.73 Å². The summed E-state index contributed by atoms with van der Waals surface area (Å²) in [6.07, 6.45) is 1.55. The average Bonchev–Trinajstić information content (AvgIpc) is 2.91. The zero-order chi connectivity index (χ0) is 15.6. The van der Waals surface area contributed by atoms with Crippen molar-refractivity contribution in [2.45, 2.75) is 17.9 Å². The molecule has 1 aromatic heterocycles. The largest absolute Gasteiger partial charge is 0.399 e. The van der Waals surface area contributed by atoms with Crippen molar-refractivity contribution in [3.8, 4) is 0 Å². The number of nitrogens with two attached hydrogens (primary N) is 1. The van der Waals surface area contributed by atoms with Crippen LogP contribution in [-0.2, 0) is 10.0 Å². The molecule has 0 radical (unpaired) electrons. The van der Waals surface area contributed by atoms with Gasteiger partial charge < -0.3 is 5.73 Å². The molecule has 1 aromatic carbocycles. The van der Waals surface area contributed by atoms with E-state index in [1.54, 1.807) is 18.5 Å². The van der Waals surface area contributed by atoms with Gasteiger partial charge in [0.15, 0.2) is 4.90 Å². The first kappa shape index (κ1) is 15.4. The van der Waals surface area contributed by atoms with Crippen LogP contribution in [0.1, 0.15) is 18.0 Å². The Hall–Kier alpha value is -2.04. The van der Waals surface area contributed by atoms with Crippen LogP contribution in [0.3, 0.4) is 0 Å². The molecule has 1 atom stereocenters. The molecule has 10 heteroatoms. The summed E-state index contributed by atoms with van der Waals surface area (Å²) in [6, 6.07) is 2.84. The first-order valence-corrected chi connectivity index (χ1v) is 8.13. The highest BCUT2D eigenvalue weighted by Gasteiger charge is 2.28. The summed E-state index contributed by atoms with van der Waals surface area (Å²) >= 11 is 1.29. The van der Waals surface area contributed by atoms with E-state index in [-0.39, 0.29) is 5.69 Å². The van der Waals surface area contributed by atoms with Crippen LogP contribution in [0.4, 0.5) is 11.4 Å². The summed E-state index contributed by atoms with van der Waals surface area (Å²) in [5.74, 6) is 0. The Kier molecular flexibility index (Phi) is 4.21. The van der Waals surface area contributed by atoms with Gasteiger partial charge in [-0.2, -0.15) is 0 Å². The normalized spacial score (nSPS) is 13.0. The fraction of sp³-hybridized carbons (Fsp3) is 0.182. The Bertz CT molecular complexity index is 759. The highest BCUT2D eigenvalue weighted by molar-refractivity contribution is 7.89. The summed E-state index contributed by atoms with van der Waals surface area (Å²) < 4.78 is 27.0. The molecule has 21 heavy (non-hydrogen) atoms. The molecule has 2 aromatic rings. The highest BCUT2D eigenvalue weighted by atomic mass is 32.2. The number of rotatable bonds is 5. The first-order chi connectivity index (χ1) is 9.81. The number of nitrogen functional groups attached to an aromatic ring is 1. The molecule has 112 valence electrons. The van der Waals surface area contributed by atoms with E-state index in [1.165, 1.54) is 17.4 Å². The number of hydrogen-bond acceptors (Lipinski definition) is 7. The molecule has 0 spiro atoms. The SMILES string of the molecule is CC(NS(=O)(=O)c1ccc(N)cc1[N+](=O)[O-])c1nccs1. The van der Waals surface area contributed by atoms with E-state index in [0.717, 1.165) is 12.1 Å². The van der Waals surface area contributed by atoms with Crippen LogP contribution in [0.15, 0.2) is 34.7 Å². The fourth-order valence-corrected chi connectivity index (χ4v) is 3.78. The lowest BCUT2D eigenvalue weighted by molar-refractivity contribution is -0.387. The average molecular weight is 328 g/mol. The first-order valence-electron chi connectivity index (χ1n) is 5.77. The molecule has 0 aliphatic rings. The Labute approximate surface area is 124 Å². The lowest BCUT2D eigenvalue weighted by Gasteiger charge is -2.12. The van der Waals surface area contributed by atoms with Gasteiger partial charge in [-0.15, -0.1) is 11.3 Å². The quantitative estimate of drug-likeness (QED) is 0.488. The maximum absolute atomic E-state index is 12.3. The van der Waals surface area contributed by atoms with Gasteiger partial charge >= 0.3 is 0 Å². The molecule has 0 saturated carbocycles. The second-order valence-corrected chi connectivity index (χ2v) is 6.81. The number of hydrogen-bond donors (Lipinski definition) is 2. The molecule has 0 aliphatic carbocycles. The Morgan fingerprint density at radius 1 is 1.48 bits per heavy atom. The van der Waals surface area contributed by atoms with Crippen molar-refractivity contribution in [2.24, 2.45) is 0 Å². The number of nitro groups is 1. The molecule has 0 bridgehead atoms. The highest BCUT2D eigenvalue weighted by Crippen LogP contribution is 2.27. The lowest BCUT2D eigenvalue weighted by atomic mass is 10.3. The van der Waals surface area contributed by atoms with E-state index in [0.29, 0.717) is 5.01 Å². The van der Waals surface area contributed by atoms with Gasteiger partial charge in [-0.25, -0.2) is 18.1 Å². The van der Waals surface area contributed by atoms with Gasteiger partial charge in [0.25, 0.3) is 5.69 Å². The van der Waals surface area contributed by atoms with Crippen LogP contribution >= 0.6 is 11.3 Å². The molecule has 0 fully saturated rings. The third-order valence-corrected chi connectivity index (χ3v) is 5.17. The second kappa shape index (κ2) is 5.76. The predicted molar refractivity (Wildman–Crippen MR) is 78.4 cm³/mol. The number of nitro benzene ring substituents is 1. The number of aromatic nitrogens is 1. The van der Waals surface area contributed by atoms with E-state index in [1.807, 2.05) is 0 Å². The smallest absolute Gasteiger partial charge is 0.291 e. The van der Waals surface area contributed by atoms with Crippen LogP contribution in [-0.4, -0.2) is 18.3 Å². The third-order valence-electron chi connectivity index (χ3n) is 2.62. The molecular formula is C11H12N4O4S2. The molecule has 1 unspecified atom stereocenters. The van der Waals surface area contributed by atoms with Crippen molar-refractivity contribution >= 4 is 32.7 Å². The van der Waals surface area contributed by atoms with Gasteiger partial charge in [-0.05, 0) is 19.1 Å². The Balaban J connectivity index is 2.38. The van der Waals surface area contributed by atoms with E-state index in [4.69, 9.17) is 5.73 Å². The van der Waals surface area contributed by atoms with E-state index < -0.39 is 31.6 Å². The number of thiazole rings is 1. The van der Waals surface area contributed by atoms with Gasteiger partial charge in [0.1, 0.15) is 5.01 Å². The maximum Gasteiger partial charge on any atom is 0.291 e. The summed E-state index contributed by atoms with van der Waals surface area (Å²) in [7, 11) is -4.06. The molecule has 8 nitrogen and oxygen atoms in total. The van der Waals surface area contributed by atoms with Crippen LogP contribution in [0.25, 0.3) is 0 Å². The number of nitrogens with one attached hydrogen (secondary N) is 1. The van der Waals surface area contributed by atoms with Crippen molar-refractivity contribution in [3.63, 3.8) is 0 Å². The zero-order valence-corrected chi connectivity index (χ0v) is 12.5. The molecular weight excluding hydrogens is 316 g/mol. The number of anilines is 1. The third kappa shape index (κ3) is 3.35. The zero-order valence-electron chi connectivity index (χ0n) is 10.9. The van der Waals surface area contributed by atoms with E-state index in [9.17, 15) is 18.5 Å². The van der Waals surface area contributed by atoms with Gasteiger partial charge in [0.2, 0.25) is 10.0 Å². The Morgan fingerprint density at radius 2 is 2.19 bits per heavy atom. The van der Waals surface area contributed by atoms with Gasteiger partial charge in [0.05, 0.1) is 11.0 Å². The summed E-state index contributed by atoms with van der Waals surface area (Å²) in [6.45, 7) is 1.61. The molecule has 0 saturated heterocycles. The van der Waals surface area contributed by atoms with Crippen molar-refractivity contribution in [1.29, 1.82) is 0 Å². The van der Waals surface area contributed by atoms with Gasteiger partial charge in [-0.1, -0.05) is 0 Å². The molecule has 1 heterocycles. The van der Waals surface area contributed by atoms with Crippen LogP contribution in [0, 0.1) is 10.1 Å². The Morgan fingerprint density at radius 3 is 2.76 bits per heavy atom. The number of sulfonamides is 1. The predicted octanol–water partition coefficient (Wildman–Crippen LogP) is 1.67. The number of benzene rings is 1. The second-order valence-electron chi connectivity index (χ2n) is 4.20. The summed E-state index contributed by atoms with van der Waals surface area (Å²) in [4.78, 5) is 13.8. The minimum atomic E-state index is -4.06. The minimum absolute atomic E-state index is 0.119. The molecule has 3 N–H and O–H groups in total. The van der Waals surface area contributed by atoms with Gasteiger partial charge in [0, 0.05) is 23.3 Å².